The highest BCUT2D eigenvalue weighted by Crippen LogP contribution is 2.15. The molecule has 1 aliphatic rings. The summed E-state index contributed by atoms with van der Waals surface area (Å²) in [6, 6.07) is 9.36. The van der Waals surface area contributed by atoms with Crippen LogP contribution in [0.4, 0.5) is 0 Å². The van der Waals surface area contributed by atoms with Crippen molar-refractivity contribution in [2.45, 2.75) is 12.8 Å². The molecule has 0 saturated heterocycles. The Morgan fingerprint density at radius 3 is 1.81 bits per heavy atom. The first kappa shape index (κ1) is 17.2. The van der Waals surface area contributed by atoms with E-state index in [1.54, 1.807) is 0 Å². The van der Waals surface area contributed by atoms with E-state index in [2.05, 4.69) is 29.2 Å². The second-order valence-corrected chi connectivity index (χ2v) is 4.76. The molecule has 2 N–H and O–H groups in total. The standard InChI is InChI=1S/C11H14ClN.C4H4O4/c12-9-13-7-5-10-3-1-2-4-11(10)6-8-13;5-3(6)1-2-4(7)8/h1-4H,5-9H2;1-2H,(H,5,6)(H,7,8)/b;2-1+. The van der Waals surface area contributed by atoms with Crippen molar-refractivity contribution in [3.8, 4) is 0 Å². The summed E-state index contributed by atoms with van der Waals surface area (Å²) in [5.41, 5.74) is 2.99. The number of carboxylic acids is 2. The van der Waals surface area contributed by atoms with E-state index in [4.69, 9.17) is 21.8 Å². The number of hydrogen-bond donors (Lipinski definition) is 2. The highest BCUT2D eigenvalue weighted by molar-refractivity contribution is 6.17. The molecule has 21 heavy (non-hydrogen) atoms. The molecule has 0 spiro atoms. The van der Waals surface area contributed by atoms with Gasteiger partial charge in [-0.1, -0.05) is 24.3 Å². The minimum absolute atomic E-state index is 0.558. The Balaban J connectivity index is 0.000000240. The molecule has 1 aromatic carbocycles. The molecule has 2 rings (SSSR count). The molecular formula is C15H18ClNO4. The van der Waals surface area contributed by atoms with Crippen LogP contribution < -0.4 is 0 Å². The van der Waals surface area contributed by atoms with Gasteiger partial charge in [-0.3, -0.25) is 4.90 Å². The van der Waals surface area contributed by atoms with Gasteiger partial charge in [-0.2, -0.15) is 0 Å². The number of carbonyl (C=O) groups is 2. The molecule has 0 aliphatic carbocycles. The minimum atomic E-state index is -1.26. The first-order chi connectivity index (χ1) is 10.0. The normalized spacial score (nSPS) is 14.7. The second-order valence-electron chi connectivity index (χ2n) is 4.52. The molecule has 0 atom stereocenters. The van der Waals surface area contributed by atoms with Crippen LogP contribution >= 0.6 is 11.6 Å². The van der Waals surface area contributed by atoms with Gasteiger partial charge < -0.3 is 10.2 Å². The molecular weight excluding hydrogens is 294 g/mol. The average Bonchev–Trinajstić information content (AvgIpc) is 2.68. The fourth-order valence-corrected chi connectivity index (χ4v) is 2.22. The summed E-state index contributed by atoms with van der Waals surface area (Å²) in [6.07, 6.45) is 3.40. The van der Waals surface area contributed by atoms with Crippen molar-refractivity contribution in [1.82, 2.24) is 4.90 Å². The Labute approximate surface area is 128 Å². The number of aliphatic carboxylic acids is 2. The number of halogens is 1. The van der Waals surface area contributed by atoms with E-state index in [1.807, 2.05) is 0 Å². The van der Waals surface area contributed by atoms with Crippen molar-refractivity contribution in [3.05, 3.63) is 47.5 Å². The number of alkyl halides is 1. The molecule has 1 aliphatic heterocycles. The van der Waals surface area contributed by atoms with E-state index >= 15 is 0 Å². The van der Waals surface area contributed by atoms with Crippen LogP contribution in [0.25, 0.3) is 0 Å². The summed E-state index contributed by atoms with van der Waals surface area (Å²) in [4.78, 5) is 21.4. The van der Waals surface area contributed by atoms with Crippen molar-refractivity contribution < 1.29 is 19.8 Å². The predicted octanol–water partition coefficient (Wildman–Crippen LogP) is 2.00. The average molecular weight is 312 g/mol. The van der Waals surface area contributed by atoms with E-state index in [0.717, 1.165) is 25.9 Å². The van der Waals surface area contributed by atoms with Gasteiger partial charge in [0.05, 0.1) is 6.00 Å². The van der Waals surface area contributed by atoms with Gasteiger partial charge in [-0.05, 0) is 24.0 Å². The Kier molecular flexibility index (Phi) is 7.50. The third-order valence-corrected chi connectivity index (χ3v) is 3.39. The lowest BCUT2D eigenvalue weighted by atomic mass is 10.0. The summed E-state index contributed by atoms with van der Waals surface area (Å²) in [7, 11) is 0. The van der Waals surface area contributed by atoms with Gasteiger partial charge in [0.15, 0.2) is 0 Å². The lowest BCUT2D eigenvalue weighted by Gasteiger charge is -2.14. The van der Waals surface area contributed by atoms with Crippen molar-refractivity contribution in [1.29, 1.82) is 0 Å². The number of nitrogens with zero attached hydrogens (tertiary/aromatic N) is 1. The SMILES string of the molecule is ClCN1CCc2ccccc2CC1.O=C(O)/C=C/C(=O)O. The first-order valence-electron chi connectivity index (χ1n) is 6.52. The lowest BCUT2D eigenvalue weighted by Crippen LogP contribution is -2.24. The molecule has 0 amide bonds. The molecule has 0 bridgehead atoms. The van der Waals surface area contributed by atoms with E-state index < -0.39 is 11.9 Å². The Bertz CT molecular complexity index is 473. The number of hydrogen-bond acceptors (Lipinski definition) is 3. The maximum absolute atomic E-state index is 9.55. The maximum Gasteiger partial charge on any atom is 0.328 e. The Morgan fingerprint density at radius 1 is 1.05 bits per heavy atom. The zero-order valence-corrected chi connectivity index (χ0v) is 12.3. The van der Waals surface area contributed by atoms with E-state index in [0.29, 0.717) is 18.2 Å². The zero-order valence-electron chi connectivity index (χ0n) is 11.5. The van der Waals surface area contributed by atoms with Gasteiger partial charge in [-0.25, -0.2) is 9.59 Å². The summed E-state index contributed by atoms with van der Waals surface area (Å²) in [6.45, 7) is 2.20. The smallest absolute Gasteiger partial charge is 0.328 e. The van der Waals surface area contributed by atoms with Crippen LogP contribution in [-0.2, 0) is 22.4 Å². The minimum Gasteiger partial charge on any atom is -0.478 e. The van der Waals surface area contributed by atoms with Gasteiger partial charge >= 0.3 is 11.9 Å². The summed E-state index contributed by atoms with van der Waals surface area (Å²) >= 11 is 5.82. The van der Waals surface area contributed by atoms with Crippen molar-refractivity contribution >= 4 is 23.5 Å². The van der Waals surface area contributed by atoms with Crippen molar-refractivity contribution in [2.24, 2.45) is 0 Å². The highest BCUT2D eigenvalue weighted by atomic mass is 35.5. The van der Waals surface area contributed by atoms with Gasteiger partial charge in [-0.15, -0.1) is 11.6 Å². The first-order valence-corrected chi connectivity index (χ1v) is 7.05. The second kappa shape index (κ2) is 9.15. The summed E-state index contributed by atoms with van der Waals surface area (Å²) < 4.78 is 0. The molecule has 1 heterocycles. The predicted molar refractivity (Wildman–Crippen MR) is 80.6 cm³/mol. The molecule has 6 heteroatoms. The van der Waals surface area contributed by atoms with Crippen molar-refractivity contribution in [3.63, 3.8) is 0 Å². The third-order valence-electron chi connectivity index (χ3n) is 3.05. The number of rotatable bonds is 3. The van der Waals surface area contributed by atoms with Crippen LogP contribution in [-0.4, -0.2) is 46.1 Å². The zero-order chi connectivity index (χ0) is 15.7. The fourth-order valence-electron chi connectivity index (χ4n) is 1.98. The Hall–Kier alpha value is -1.85. The van der Waals surface area contributed by atoms with Crippen LogP contribution in [0.5, 0.6) is 0 Å². The van der Waals surface area contributed by atoms with Crippen molar-refractivity contribution in [2.75, 3.05) is 19.1 Å². The number of fused-ring (bicyclic) bond motifs is 1. The van der Waals surface area contributed by atoms with Gasteiger partial charge in [0.1, 0.15) is 0 Å². The molecule has 0 fully saturated rings. The van der Waals surface area contributed by atoms with Crippen LogP contribution in [0.15, 0.2) is 36.4 Å². The molecule has 0 saturated carbocycles. The van der Waals surface area contributed by atoms with Crippen LogP contribution in [0.2, 0.25) is 0 Å². The quantitative estimate of drug-likeness (QED) is 0.507. The molecule has 0 radical (unpaired) electrons. The van der Waals surface area contributed by atoms with Gasteiger partial charge in [0, 0.05) is 25.2 Å². The largest absolute Gasteiger partial charge is 0.478 e. The third kappa shape index (κ3) is 6.92. The summed E-state index contributed by atoms with van der Waals surface area (Å²) in [5.74, 6) is -2.51. The molecule has 1 aromatic rings. The molecule has 114 valence electrons. The monoisotopic (exact) mass is 311 g/mol. The van der Waals surface area contributed by atoms with Crippen LogP contribution in [0.1, 0.15) is 11.1 Å². The molecule has 5 nitrogen and oxygen atoms in total. The Morgan fingerprint density at radius 2 is 1.48 bits per heavy atom. The lowest BCUT2D eigenvalue weighted by molar-refractivity contribution is -0.134. The molecule has 0 aromatic heterocycles. The topological polar surface area (TPSA) is 77.8 Å². The van der Waals surface area contributed by atoms with E-state index in [1.165, 1.54) is 11.1 Å². The van der Waals surface area contributed by atoms with E-state index in [9.17, 15) is 9.59 Å². The van der Waals surface area contributed by atoms with Gasteiger partial charge in [0.25, 0.3) is 0 Å². The summed E-state index contributed by atoms with van der Waals surface area (Å²) in [5, 5.41) is 15.6. The van der Waals surface area contributed by atoms with Crippen LogP contribution in [0, 0.1) is 0 Å². The number of benzene rings is 1. The fraction of sp³-hybridized carbons (Fsp3) is 0.333. The van der Waals surface area contributed by atoms with E-state index in [-0.39, 0.29) is 0 Å². The maximum atomic E-state index is 9.55. The van der Waals surface area contributed by atoms with Gasteiger partial charge in [0.2, 0.25) is 0 Å². The number of carboxylic acid groups (broad SMARTS) is 2. The highest BCUT2D eigenvalue weighted by Gasteiger charge is 2.11. The molecule has 0 unspecified atom stereocenters. The van der Waals surface area contributed by atoms with Crippen LogP contribution in [0.3, 0.4) is 0 Å².